The summed E-state index contributed by atoms with van der Waals surface area (Å²) in [7, 11) is 4.07. The lowest BCUT2D eigenvalue weighted by molar-refractivity contribution is -0.193. The van der Waals surface area contributed by atoms with E-state index in [0.717, 1.165) is 32.0 Å². The average Bonchev–Trinajstić information content (AvgIpc) is 3.03. The molecule has 0 spiro atoms. The van der Waals surface area contributed by atoms with Gasteiger partial charge in [0.15, 0.2) is 0 Å². The molecule has 0 aliphatic carbocycles. The fourth-order valence-electron chi connectivity index (χ4n) is 2.56. The molecule has 0 amide bonds. The zero-order valence-corrected chi connectivity index (χ0v) is 17.4. The van der Waals surface area contributed by atoms with E-state index in [2.05, 4.69) is 39.2 Å². The van der Waals surface area contributed by atoms with E-state index in [1.165, 1.54) is 11.1 Å². The van der Waals surface area contributed by atoms with Gasteiger partial charge in [-0.3, -0.25) is 9.58 Å². The van der Waals surface area contributed by atoms with Gasteiger partial charge in [0.25, 0.3) is 0 Å². The molecule has 0 atom stereocenters. The molecule has 0 aromatic carbocycles. The van der Waals surface area contributed by atoms with Crippen molar-refractivity contribution < 1.29 is 46.1 Å². The van der Waals surface area contributed by atoms with Gasteiger partial charge in [0.05, 0.1) is 6.20 Å². The molecule has 0 bridgehead atoms. The number of halogens is 6. The Bertz CT molecular complexity index is 908. The molecule has 9 nitrogen and oxygen atoms in total. The van der Waals surface area contributed by atoms with Crippen LogP contribution in [-0.2, 0) is 29.7 Å². The molecule has 184 valence electrons. The van der Waals surface area contributed by atoms with Crippen LogP contribution in [0.25, 0.3) is 0 Å². The molecule has 15 heteroatoms. The Balaban J connectivity index is 0.000000324. The number of pyridine rings is 1. The number of rotatable bonds is 2. The van der Waals surface area contributed by atoms with Gasteiger partial charge in [-0.25, -0.2) is 14.6 Å². The molecule has 3 heterocycles. The summed E-state index contributed by atoms with van der Waals surface area (Å²) >= 11 is 0. The number of hydrogen-bond acceptors (Lipinski definition) is 6. The Hall–Kier alpha value is -3.36. The first kappa shape index (κ1) is 27.7. The van der Waals surface area contributed by atoms with E-state index in [4.69, 9.17) is 19.8 Å². The number of alkyl halides is 6. The molecule has 0 saturated carbocycles. The van der Waals surface area contributed by atoms with Gasteiger partial charge in [0, 0.05) is 63.8 Å². The van der Waals surface area contributed by atoms with Crippen molar-refractivity contribution in [3.63, 3.8) is 0 Å². The van der Waals surface area contributed by atoms with Crippen LogP contribution in [0.1, 0.15) is 11.1 Å². The summed E-state index contributed by atoms with van der Waals surface area (Å²) in [5, 5.41) is 18.5. The molecule has 1 aliphatic rings. The van der Waals surface area contributed by atoms with Crippen LogP contribution in [0.3, 0.4) is 0 Å². The minimum Gasteiger partial charge on any atom is -0.475 e. The quantitative estimate of drug-likeness (QED) is 0.625. The number of carboxylic acids is 2. The standard InChI is InChI=1S/C14H19N5.2C2HF3O2/c1-17-6-7-19(10-12-8-16-18(2)9-12)11-13-4-3-5-15-14(13)17;2*3-2(4,5)1(6)7/h3-5,8-9H,6-7,10-11H2,1-2H3;2*(H,6,7). The molecule has 0 unspecified atom stereocenters. The van der Waals surface area contributed by atoms with E-state index in [-0.39, 0.29) is 0 Å². The van der Waals surface area contributed by atoms with E-state index in [0.29, 0.717) is 0 Å². The van der Waals surface area contributed by atoms with Crippen LogP contribution in [0.15, 0.2) is 30.7 Å². The first-order valence-corrected chi connectivity index (χ1v) is 9.06. The number of hydrogen-bond donors (Lipinski definition) is 2. The molecule has 2 aromatic heterocycles. The van der Waals surface area contributed by atoms with Crippen LogP contribution in [0, 0.1) is 0 Å². The number of aryl methyl sites for hydroxylation is 1. The van der Waals surface area contributed by atoms with E-state index < -0.39 is 24.3 Å². The minimum absolute atomic E-state index is 0.940. The molecular formula is C18H21F6N5O4. The molecule has 0 saturated heterocycles. The van der Waals surface area contributed by atoms with Crippen LogP contribution in [0.5, 0.6) is 0 Å². The van der Waals surface area contributed by atoms with E-state index in [9.17, 15) is 26.3 Å². The van der Waals surface area contributed by atoms with Crippen LogP contribution < -0.4 is 4.90 Å². The highest BCUT2D eigenvalue weighted by Gasteiger charge is 2.38. The van der Waals surface area contributed by atoms with Crippen molar-refractivity contribution in [1.29, 1.82) is 0 Å². The fourth-order valence-corrected chi connectivity index (χ4v) is 2.56. The van der Waals surface area contributed by atoms with Crippen LogP contribution in [-0.4, -0.2) is 74.3 Å². The Morgan fingerprint density at radius 2 is 1.58 bits per heavy atom. The number of aromatic nitrogens is 3. The van der Waals surface area contributed by atoms with Crippen molar-refractivity contribution in [2.75, 3.05) is 25.0 Å². The summed E-state index contributed by atoms with van der Waals surface area (Å²) in [4.78, 5) is 27.0. The lowest BCUT2D eigenvalue weighted by atomic mass is 10.2. The minimum atomic E-state index is -5.08. The van der Waals surface area contributed by atoms with Gasteiger partial charge in [-0.1, -0.05) is 6.07 Å². The maximum absolute atomic E-state index is 10.6. The highest BCUT2D eigenvalue weighted by Crippen LogP contribution is 2.22. The summed E-state index contributed by atoms with van der Waals surface area (Å²) < 4.78 is 65.3. The number of fused-ring (bicyclic) bond motifs is 1. The Morgan fingerprint density at radius 1 is 1.03 bits per heavy atom. The number of anilines is 1. The first-order valence-electron chi connectivity index (χ1n) is 9.06. The van der Waals surface area contributed by atoms with Gasteiger partial charge in [-0.15, -0.1) is 0 Å². The van der Waals surface area contributed by atoms with Crippen molar-refractivity contribution in [2.45, 2.75) is 25.4 Å². The van der Waals surface area contributed by atoms with E-state index in [1.54, 1.807) is 0 Å². The van der Waals surface area contributed by atoms with Crippen molar-refractivity contribution in [3.8, 4) is 0 Å². The van der Waals surface area contributed by atoms with Gasteiger partial charge in [0.1, 0.15) is 5.82 Å². The number of carbonyl (C=O) groups is 2. The van der Waals surface area contributed by atoms with Gasteiger partial charge in [-0.2, -0.15) is 31.4 Å². The number of carboxylic acid groups (broad SMARTS) is 2. The number of likely N-dealkylation sites (N-methyl/N-ethyl adjacent to an activating group) is 1. The van der Waals surface area contributed by atoms with E-state index in [1.807, 2.05) is 30.2 Å². The molecule has 2 N–H and O–H groups in total. The second-order valence-corrected chi connectivity index (χ2v) is 6.75. The summed E-state index contributed by atoms with van der Waals surface area (Å²) in [5.74, 6) is -4.41. The summed E-state index contributed by atoms with van der Waals surface area (Å²) in [6.45, 7) is 3.93. The van der Waals surface area contributed by atoms with Crippen molar-refractivity contribution in [1.82, 2.24) is 19.7 Å². The molecule has 1 aliphatic heterocycles. The molecule has 3 rings (SSSR count). The molecule has 33 heavy (non-hydrogen) atoms. The maximum atomic E-state index is 10.6. The predicted octanol–water partition coefficient (Wildman–Crippen LogP) is 2.53. The Kier molecular flexibility index (Phi) is 9.63. The molecular weight excluding hydrogens is 464 g/mol. The Morgan fingerprint density at radius 3 is 2.03 bits per heavy atom. The zero-order valence-electron chi connectivity index (χ0n) is 17.4. The third kappa shape index (κ3) is 9.76. The second kappa shape index (κ2) is 11.5. The normalized spacial score (nSPS) is 14.1. The molecule has 2 aromatic rings. The van der Waals surface area contributed by atoms with Crippen LogP contribution in [0.2, 0.25) is 0 Å². The fraction of sp³-hybridized carbons (Fsp3) is 0.444. The maximum Gasteiger partial charge on any atom is 0.490 e. The van der Waals surface area contributed by atoms with E-state index >= 15 is 0 Å². The summed E-state index contributed by atoms with van der Waals surface area (Å²) in [6, 6.07) is 4.18. The number of nitrogens with zero attached hydrogens (tertiary/aromatic N) is 5. The van der Waals surface area contributed by atoms with Crippen LogP contribution in [0.4, 0.5) is 32.2 Å². The lowest BCUT2D eigenvalue weighted by Crippen LogP contribution is -2.29. The van der Waals surface area contributed by atoms with Crippen molar-refractivity contribution in [3.05, 3.63) is 41.9 Å². The second-order valence-electron chi connectivity index (χ2n) is 6.75. The lowest BCUT2D eigenvalue weighted by Gasteiger charge is -2.19. The predicted molar refractivity (Wildman–Crippen MR) is 102 cm³/mol. The smallest absolute Gasteiger partial charge is 0.475 e. The largest absolute Gasteiger partial charge is 0.490 e. The highest BCUT2D eigenvalue weighted by molar-refractivity contribution is 5.73. The van der Waals surface area contributed by atoms with Crippen molar-refractivity contribution >= 4 is 17.8 Å². The molecule has 0 fully saturated rings. The van der Waals surface area contributed by atoms with Crippen molar-refractivity contribution in [2.24, 2.45) is 7.05 Å². The molecule has 0 radical (unpaired) electrons. The third-order valence-corrected chi connectivity index (χ3v) is 4.02. The third-order valence-electron chi connectivity index (χ3n) is 4.02. The monoisotopic (exact) mass is 485 g/mol. The first-order chi connectivity index (χ1) is 15.1. The van der Waals surface area contributed by atoms with Gasteiger partial charge in [-0.05, 0) is 6.07 Å². The van der Waals surface area contributed by atoms with Gasteiger partial charge < -0.3 is 15.1 Å². The average molecular weight is 485 g/mol. The Labute approximate surface area is 183 Å². The highest BCUT2D eigenvalue weighted by atomic mass is 19.4. The van der Waals surface area contributed by atoms with Crippen LogP contribution >= 0.6 is 0 Å². The summed E-state index contributed by atoms with van der Waals surface area (Å²) in [6.07, 6.45) is -4.27. The van der Waals surface area contributed by atoms with Gasteiger partial charge in [0.2, 0.25) is 0 Å². The number of aliphatic carboxylic acids is 2. The summed E-state index contributed by atoms with van der Waals surface area (Å²) in [5.41, 5.74) is 2.56. The topological polar surface area (TPSA) is 112 Å². The zero-order chi connectivity index (χ0) is 25.4. The SMILES string of the molecule is CN1CCN(Cc2cnn(C)c2)Cc2cccnc21.O=C(O)C(F)(F)F.O=C(O)C(F)(F)F. The van der Waals surface area contributed by atoms with Gasteiger partial charge >= 0.3 is 24.3 Å².